The van der Waals surface area contributed by atoms with Crippen LogP contribution in [-0.4, -0.2) is 225 Å². The Hall–Kier alpha value is -14.5. The predicted octanol–water partition coefficient (Wildman–Crippen LogP) is 6.48. The quantitative estimate of drug-likeness (QED) is 0.141. The molecule has 10 aromatic rings. The molecule has 15 aliphatic rings. The summed E-state index contributed by atoms with van der Waals surface area (Å²) in [5.41, 5.74) is -25.8. The smallest absolute Gasteiger partial charge is 0.327 e. The summed E-state index contributed by atoms with van der Waals surface area (Å²) in [5, 5.41) is 0. The van der Waals surface area contributed by atoms with Gasteiger partial charge < -0.3 is 44.2 Å². The molecular weight excluding hydrogens is 1440 g/mol. The highest BCUT2D eigenvalue weighted by molar-refractivity contribution is 5.99. The van der Waals surface area contributed by atoms with E-state index in [2.05, 4.69) is 0 Å². The van der Waals surface area contributed by atoms with Crippen molar-refractivity contribution < 1.29 is 92.1 Å². The Morgan fingerprint density at radius 1 is 0.155 bits per heavy atom. The third-order valence-electron chi connectivity index (χ3n) is 26.3. The fraction of sp³-hybridized carbons (Fsp3) is 0.286. The first-order chi connectivity index (χ1) is 53.7. The Morgan fingerprint density at radius 3 is 0.300 bits per heavy atom. The van der Waals surface area contributed by atoms with Crippen LogP contribution in [0.3, 0.4) is 0 Å². The molecule has 550 valence electrons. The molecule has 10 aromatic heterocycles. The lowest BCUT2D eigenvalue weighted by molar-refractivity contribution is -0.182. The lowest BCUT2D eigenvalue weighted by Crippen LogP contribution is -2.72. The Bertz CT molecular complexity index is 5210. The maximum atomic E-state index is 18.1. The van der Waals surface area contributed by atoms with Gasteiger partial charge in [0.15, 0.2) is 57.6 Å². The van der Waals surface area contributed by atoms with Gasteiger partial charge in [0.25, 0.3) is 0 Å². The standard InChI is InChI=1S/C70H50N20O20/c91-51-71-31-79-55(95)81-33-73-52(92)74-34-82-56(96)80(65(79,45-15-5-25-105-45)66(81,82)46-16-6-26-106-46)32-72(51)62(42-12-2-22-102-42)61(71,41-11-1-21-101-41)75-35-83-57(97)87-39-89-59(99)85-37-77-54(94)78(64(74,44-14-4-24-104-44)63(73,77)43-13-3-23-103-43)38-86-60(100)90(70(89,50-20-10-30-110-50)68(85,86)48-18-8-28-108-48)40-88-58(98)84(36-76(62)53(75)93)67(83,47-17-7-27-107-47)69(87,88)49-19-9-29-109-49/h1-30H,31-40H2/t61-,62+,63+,64-,65?,66?,67?,68?,69?,70?. The van der Waals surface area contributed by atoms with Gasteiger partial charge in [-0.05, 0) is 121 Å². The molecule has 0 aliphatic carbocycles. The minimum absolute atomic E-state index is 0.131. The molecule has 0 unspecified atom stereocenters. The molecule has 40 heteroatoms. The number of carbonyl (C=O) groups excluding carboxylic acids is 10. The lowest BCUT2D eigenvalue weighted by atomic mass is 9.84. The SMILES string of the molecule is O=C1N2CN3C(=O)N4CN5C(=O)N6CN7C(=O)N(CN8C(=O)N9CN%10C(=O)N(CN1C9(c1ccco1)C28c1ccco1)[C@]1(c2ccco2)N2CN8C(=O)N9CN%11C(=O)N(CN%12C(=O)N(CN(C2=O)[C@]%101c1ccco1)C8(c1ccco1)C%129c1ccco1)[C@]6(c1ccco1)[C@@]5%11c1ccco1)C3(c1ccco1)C74c1ccco1. The van der Waals surface area contributed by atoms with Crippen molar-refractivity contribution in [1.29, 1.82) is 0 Å². The fourth-order valence-corrected chi connectivity index (χ4v) is 23.3. The molecule has 25 heterocycles. The summed E-state index contributed by atoms with van der Waals surface area (Å²) >= 11 is 0. The van der Waals surface area contributed by atoms with Gasteiger partial charge in [0.1, 0.15) is 66.7 Å². The molecule has 15 fully saturated rings. The van der Waals surface area contributed by atoms with E-state index in [1.54, 1.807) is 0 Å². The zero-order chi connectivity index (χ0) is 73.4. The summed E-state index contributed by atoms with van der Waals surface area (Å²) in [4.78, 5) is 203. The number of furan rings is 10. The number of carbonyl (C=O) groups is 10. The highest BCUT2D eigenvalue weighted by Crippen LogP contribution is 2.76. The molecule has 0 saturated carbocycles. The van der Waals surface area contributed by atoms with E-state index < -0.39 is 184 Å². The Balaban J connectivity index is 0.868. The van der Waals surface area contributed by atoms with Gasteiger partial charge in [0.2, 0.25) is 56.6 Å². The first-order valence-corrected chi connectivity index (χ1v) is 35.0. The van der Waals surface area contributed by atoms with Crippen molar-refractivity contribution in [2.45, 2.75) is 56.6 Å². The first-order valence-electron chi connectivity index (χ1n) is 35.0. The number of nitrogens with zero attached hydrogens (tertiary/aromatic N) is 20. The molecule has 15 saturated heterocycles. The Kier molecular flexibility index (Phi) is 9.50. The first kappa shape index (κ1) is 58.7. The van der Waals surface area contributed by atoms with Crippen LogP contribution in [0.4, 0.5) is 47.9 Å². The zero-order valence-corrected chi connectivity index (χ0v) is 56.5. The molecule has 0 atom stereocenters. The topological polar surface area (TPSA) is 367 Å². The Labute approximate surface area is 613 Å². The van der Waals surface area contributed by atoms with E-state index >= 15 is 47.9 Å². The number of hydrogen-bond acceptors (Lipinski definition) is 20. The molecule has 25 rings (SSSR count). The van der Waals surface area contributed by atoms with Crippen molar-refractivity contribution in [2.75, 3.05) is 66.7 Å². The monoisotopic (exact) mass is 1490 g/mol. The van der Waals surface area contributed by atoms with E-state index in [4.69, 9.17) is 44.2 Å². The summed E-state index contributed by atoms with van der Waals surface area (Å²) in [6.07, 6.45) is 13.1. The number of fused-ring (bicyclic) bond motifs is 18. The van der Waals surface area contributed by atoms with Gasteiger partial charge in [-0.3, -0.25) is 98.0 Å². The van der Waals surface area contributed by atoms with Crippen molar-refractivity contribution in [3.63, 3.8) is 0 Å². The highest BCUT2D eigenvalue weighted by atomic mass is 16.4. The fourth-order valence-electron chi connectivity index (χ4n) is 23.3. The second-order valence-electron chi connectivity index (χ2n) is 29.3. The van der Waals surface area contributed by atoms with Crippen molar-refractivity contribution in [3.8, 4) is 0 Å². The largest absolute Gasteiger partial charge is 0.465 e. The maximum Gasteiger partial charge on any atom is 0.327 e. The van der Waals surface area contributed by atoms with Gasteiger partial charge >= 0.3 is 60.3 Å². The van der Waals surface area contributed by atoms with Crippen LogP contribution in [0.25, 0.3) is 0 Å². The van der Waals surface area contributed by atoms with E-state index in [9.17, 15) is 0 Å². The van der Waals surface area contributed by atoms with Crippen LogP contribution in [-0.2, 0) is 56.6 Å². The zero-order valence-electron chi connectivity index (χ0n) is 56.5. The van der Waals surface area contributed by atoms with E-state index in [1.165, 1.54) is 282 Å². The molecule has 8 bridgehead atoms. The number of urea groups is 10. The third kappa shape index (κ3) is 4.99. The highest BCUT2D eigenvalue weighted by Gasteiger charge is 2.97. The third-order valence-corrected chi connectivity index (χ3v) is 26.3. The second-order valence-corrected chi connectivity index (χ2v) is 29.3. The van der Waals surface area contributed by atoms with Crippen LogP contribution in [0.1, 0.15) is 57.6 Å². The molecular formula is C70H50N20O20. The summed E-state index contributed by atoms with van der Waals surface area (Å²) in [7, 11) is 0. The predicted molar refractivity (Wildman–Crippen MR) is 343 cm³/mol. The van der Waals surface area contributed by atoms with Crippen molar-refractivity contribution in [3.05, 3.63) is 242 Å². The van der Waals surface area contributed by atoms with Crippen LogP contribution in [0, 0.1) is 0 Å². The van der Waals surface area contributed by atoms with Crippen LogP contribution < -0.4 is 0 Å². The van der Waals surface area contributed by atoms with Gasteiger partial charge in [0, 0.05) is 0 Å². The van der Waals surface area contributed by atoms with Gasteiger partial charge in [-0.1, -0.05) is 0 Å². The number of rotatable bonds is 10. The van der Waals surface area contributed by atoms with Gasteiger partial charge in [-0.15, -0.1) is 0 Å². The van der Waals surface area contributed by atoms with Gasteiger partial charge in [0.05, 0.1) is 62.6 Å². The molecule has 0 spiro atoms. The summed E-state index contributed by atoms with van der Waals surface area (Å²) in [5.74, 6) is -1.68. The summed E-state index contributed by atoms with van der Waals surface area (Å²) in [6, 6.07) is 20.1. The van der Waals surface area contributed by atoms with Crippen molar-refractivity contribution in [2.24, 2.45) is 0 Å². The van der Waals surface area contributed by atoms with Crippen molar-refractivity contribution >= 4 is 60.3 Å². The molecule has 0 radical (unpaired) electrons. The average Bonchev–Trinajstić information content (AvgIpc) is 1.43. The molecule has 110 heavy (non-hydrogen) atoms. The summed E-state index contributed by atoms with van der Waals surface area (Å²) < 4.78 is 67.4. The van der Waals surface area contributed by atoms with Crippen molar-refractivity contribution in [1.82, 2.24) is 98.0 Å². The van der Waals surface area contributed by atoms with Crippen LogP contribution in [0.15, 0.2) is 228 Å². The molecule has 15 aliphatic heterocycles. The van der Waals surface area contributed by atoms with Crippen LogP contribution in [0.5, 0.6) is 0 Å². The number of amides is 20. The van der Waals surface area contributed by atoms with Gasteiger partial charge in [-0.2, -0.15) is 0 Å². The summed E-state index contributed by atoms with van der Waals surface area (Å²) in [6.45, 7) is -9.97. The van der Waals surface area contributed by atoms with E-state index in [0.29, 0.717) is 0 Å². The molecule has 0 aromatic carbocycles. The second kappa shape index (κ2) is 17.8. The van der Waals surface area contributed by atoms with E-state index in [0.717, 1.165) is 0 Å². The minimum Gasteiger partial charge on any atom is -0.465 e. The van der Waals surface area contributed by atoms with E-state index in [1.807, 2.05) is 0 Å². The lowest BCUT2D eigenvalue weighted by Gasteiger charge is -2.54. The minimum atomic E-state index is -2.65. The maximum absolute atomic E-state index is 18.1. The molecule has 0 N–H and O–H groups in total. The molecule has 20 amide bonds. The van der Waals surface area contributed by atoms with E-state index in [-0.39, 0.29) is 57.6 Å². The van der Waals surface area contributed by atoms with Crippen LogP contribution >= 0.6 is 0 Å². The van der Waals surface area contributed by atoms with Gasteiger partial charge in [-0.25, -0.2) is 47.9 Å². The average molecular weight is 1490 g/mol. The van der Waals surface area contributed by atoms with Crippen LogP contribution in [0.2, 0.25) is 0 Å². The molecule has 40 nitrogen and oxygen atoms in total. The number of hydrogen-bond donors (Lipinski definition) is 0. The Morgan fingerprint density at radius 2 is 0.236 bits per heavy atom. The normalized spacial score (nSPS) is 34.2.